The molecule has 1 fully saturated rings. The second-order valence-electron chi connectivity index (χ2n) is 4.43. The van der Waals surface area contributed by atoms with E-state index in [0.717, 1.165) is 18.6 Å². The van der Waals surface area contributed by atoms with Crippen LogP contribution in [0.25, 0.3) is 0 Å². The molecule has 2 rings (SSSR count). The zero-order chi connectivity index (χ0) is 13.2. The third-order valence-electron chi connectivity index (χ3n) is 2.74. The monoisotopic (exact) mass is 271 g/mol. The third-order valence-corrected chi connectivity index (χ3v) is 4.09. The zero-order valence-electron chi connectivity index (χ0n) is 10.2. The highest BCUT2D eigenvalue weighted by atomic mass is 32.2. The largest absolute Gasteiger partial charge is 0.373 e. The maximum absolute atomic E-state index is 11.9. The maximum atomic E-state index is 11.9. The van der Waals surface area contributed by atoms with Crippen LogP contribution < -0.4 is 5.73 Å². The molecule has 1 aromatic rings. The Morgan fingerprint density at radius 3 is 2.61 bits per heavy atom. The van der Waals surface area contributed by atoms with E-state index >= 15 is 0 Å². The topological polar surface area (TPSA) is 81.9 Å². The van der Waals surface area contributed by atoms with Crippen LogP contribution in [-0.4, -0.2) is 27.4 Å². The predicted molar refractivity (Wildman–Crippen MR) is 66.4 cm³/mol. The third kappa shape index (κ3) is 3.78. The minimum atomic E-state index is -3.77. The van der Waals surface area contributed by atoms with Gasteiger partial charge in [-0.1, -0.05) is 17.7 Å². The van der Waals surface area contributed by atoms with E-state index < -0.39 is 16.3 Å². The van der Waals surface area contributed by atoms with Crippen LogP contribution in [0.5, 0.6) is 0 Å². The van der Waals surface area contributed by atoms with Crippen molar-refractivity contribution < 1.29 is 17.3 Å². The summed E-state index contributed by atoms with van der Waals surface area (Å²) in [5, 5.41) is 0. The van der Waals surface area contributed by atoms with Gasteiger partial charge < -0.3 is 10.5 Å². The molecule has 0 radical (unpaired) electrons. The fraction of sp³-hybridized carbons (Fsp3) is 0.500. The molecule has 6 heteroatoms. The Balaban J connectivity index is 1.94. The first-order chi connectivity index (χ1) is 8.47. The molecule has 18 heavy (non-hydrogen) atoms. The molecular weight excluding hydrogens is 254 g/mol. The number of benzene rings is 1. The van der Waals surface area contributed by atoms with E-state index in [4.69, 9.17) is 14.7 Å². The van der Waals surface area contributed by atoms with Gasteiger partial charge in [0.1, 0.15) is 6.23 Å². The summed E-state index contributed by atoms with van der Waals surface area (Å²) in [7, 11) is -3.77. The van der Waals surface area contributed by atoms with E-state index in [1.54, 1.807) is 12.1 Å². The maximum Gasteiger partial charge on any atom is 0.298 e. The van der Waals surface area contributed by atoms with Crippen LogP contribution in [0, 0.1) is 6.92 Å². The summed E-state index contributed by atoms with van der Waals surface area (Å²) in [6.07, 6.45) is 0.600. The molecule has 1 aromatic carbocycles. The Hall–Kier alpha value is -0.950. The molecule has 0 spiro atoms. The molecule has 2 N–H and O–H groups in total. The Morgan fingerprint density at radius 2 is 2.06 bits per heavy atom. The minimum absolute atomic E-state index is 0.131. The zero-order valence-corrected chi connectivity index (χ0v) is 11.0. The van der Waals surface area contributed by atoms with Gasteiger partial charge in [-0.05, 0) is 31.9 Å². The highest BCUT2D eigenvalue weighted by Gasteiger charge is 2.25. The van der Waals surface area contributed by atoms with E-state index in [9.17, 15) is 8.42 Å². The van der Waals surface area contributed by atoms with Gasteiger partial charge in [0, 0.05) is 0 Å². The van der Waals surface area contributed by atoms with Crippen LogP contribution in [0.1, 0.15) is 18.4 Å². The Labute approximate surface area is 107 Å². The molecule has 0 saturated carbocycles. The minimum Gasteiger partial charge on any atom is -0.373 e. The van der Waals surface area contributed by atoms with Crippen LogP contribution in [-0.2, 0) is 19.0 Å². The van der Waals surface area contributed by atoms with Crippen LogP contribution in [0.3, 0.4) is 0 Å². The van der Waals surface area contributed by atoms with Gasteiger partial charge in [-0.2, -0.15) is 8.42 Å². The number of rotatable bonds is 6. The van der Waals surface area contributed by atoms with E-state index in [2.05, 4.69) is 0 Å². The van der Waals surface area contributed by atoms with E-state index in [1.807, 2.05) is 6.92 Å². The van der Waals surface area contributed by atoms with Gasteiger partial charge in [0.15, 0.2) is 0 Å². The van der Waals surface area contributed by atoms with Crippen molar-refractivity contribution in [2.45, 2.75) is 37.0 Å². The summed E-state index contributed by atoms with van der Waals surface area (Å²) in [4.78, 5) is 0.131. The van der Waals surface area contributed by atoms with Gasteiger partial charge in [0.25, 0.3) is 10.1 Å². The van der Waals surface area contributed by atoms with Gasteiger partial charge in [0.05, 0.1) is 17.6 Å². The lowest BCUT2D eigenvalue weighted by atomic mass is 10.2. The smallest absolute Gasteiger partial charge is 0.298 e. The first-order valence-electron chi connectivity index (χ1n) is 5.84. The van der Waals surface area contributed by atoms with Crippen molar-refractivity contribution in [3.63, 3.8) is 0 Å². The lowest BCUT2D eigenvalue weighted by Gasteiger charge is -2.12. The van der Waals surface area contributed by atoms with Gasteiger partial charge >= 0.3 is 0 Å². The Bertz CT molecular complexity index is 493. The van der Waals surface area contributed by atoms with Crippen molar-refractivity contribution in [3.8, 4) is 0 Å². The molecule has 1 aliphatic heterocycles. The molecule has 0 aliphatic carbocycles. The average Bonchev–Trinajstić information content (AvgIpc) is 3.10. The highest BCUT2D eigenvalue weighted by molar-refractivity contribution is 7.86. The Morgan fingerprint density at radius 1 is 1.44 bits per heavy atom. The van der Waals surface area contributed by atoms with Crippen LogP contribution in [0.2, 0.25) is 0 Å². The van der Waals surface area contributed by atoms with Crippen molar-refractivity contribution >= 4 is 10.1 Å². The van der Waals surface area contributed by atoms with E-state index in [1.165, 1.54) is 12.1 Å². The molecule has 0 amide bonds. The second-order valence-corrected chi connectivity index (χ2v) is 6.01. The van der Waals surface area contributed by atoms with Crippen molar-refractivity contribution in [2.75, 3.05) is 6.61 Å². The summed E-state index contributed by atoms with van der Waals surface area (Å²) >= 11 is 0. The SMILES string of the molecule is Cc1ccc(S(=O)(=O)OC(N)CCC2CO2)cc1. The predicted octanol–water partition coefficient (Wildman–Crippen LogP) is 1.16. The quantitative estimate of drug-likeness (QED) is 0.477. The summed E-state index contributed by atoms with van der Waals surface area (Å²) in [6, 6.07) is 6.47. The van der Waals surface area contributed by atoms with Crippen molar-refractivity contribution in [1.29, 1.82) is 0 Å². The van der Waals surface area contributed by atoms with E-state index in [0.29, 0.717) is 6.42 Å². The molecule has 2 unspecified atom stereocenters. The fourth-order valence-corrected chi connectivity index (χ4v) is 2.56. The van der Waals surface area contributed by atoms with Gasteiger partial charge in [-0.3, -0.25) is 0 Å². The first-order valence-corrected chi connectivity index (χ1v) is 7.25. The van der Waals surface area contributed by atoms with E-state index in [-0.39, 0.29) is 11.0 Å². The fourth-order valence-electron chi connectivity index (χ4n) is 1.56. The molecule has 100 valence electrons. The van der Waals surface area contributed by atoms with Gasteiger partial charge in [-0.25, -0.2) is 4.18 Å². The van der Waals surface area contributed by atoms with Crippen LogP contribution >= 0.6 is 0 Å². The standard InChI is InChI=1S/C12H17NO4S/c1-9-2-5-11(6-3-9)18(14,15)17-12(13)7-4-10-8-16-10/h2-3,5-6,10,12H,4,7-8,13H2,1H3. The molecule has 0 bridgehead atoms. The Kier molecular flexibility index (Phi) is 4.01. The molecule has 0 aromatic heterocycles. The van der Waals surface area contributed by atoms with Crippen molar-refractivity contribution in [1.82, 2.24) is 0 Å². The van der Waals surface area contributed by atoms with Gasteiger partial charge in [-0.15, -0.1) is 0 Å². The molecular formula is C12H17NO4S. The molecule has 2 atom stereocenters. The second kappa shape index (κ2) is 5.36. The summed E-state index contributed by atoms with van der Waals surface area (Å²) in [6.45, 7) is 2.62. The number of nitrogens with two attached hydrogens (primary N) is 1. The normalized spacial score (nSPS) is 20.7. The number of hydrogen-bond acceptors (Lipinski definition) is 5. The number of aryl methyl sites for hydroxylation is 1. The number of ether oxygens (including phenoxy) is 1. The highest BCUT2D eigenvalue weighted by Crippen LogP contribution is 2.19. The van der Waals surface area contributed by atoms with Gasteiger partial charge in [0.2, 0.25) is 0 Å². The molecule has 5 nitrogen and oxygen atoms in total. The molecule has 1 aliphatic rings. The van der Waals surface area contributed by atoms with Crippen LogP contribution in [0.4, 0.5) is 0 Å². The van der Waals surface area contributed by atoms with Crippen molar-refractivity contribution in [2.24, 2.45) is 5.73 Å². The molecule has 1 heterocycles. The number of hydrogen-bond donors (Lipinski definition) is 1. The lowest BCUT2D eigenvalue weighted by Crippen LogP contribution is -2.27. The summed E-state index contributed by atoms with van der Waals surface area (Å²) < 4.78 is 33.7. The first kappa shape index (κ1) is 13.5. The molecule has 1 saturated heterocycles. The summed E-state index contributed by atoms with van der Waals surface area (Å²) in [5.41, 5.74) is 6.64. The lowest BCUT2D eigenvalue weighted by molar-refractivity contribution is 0.197. The summed E-state index contributed by atoms with van der Waals surface area (Å²) in [5.74, 6) is 0. The van der Waals surface area contributed by atoms with Crippen molar-refractivity contribution in [3.05, 3.63) is 29.8 Å². The number of epoxide rings is 1. The average molecular weight is 271 g/mol. The van der Waals surface area contributed by atoms with Crippen LogP contribution in [0.15, 0.2) is 29.2 Å².